The number of amides is 2. The van der Waals surface area contributed by atoms with Crippen molar-refractivity contribution >= 4 is 12.0 Å². The van der Waals surface area contributed by atoms with Crippen LogP contribution in [0, 0.1) is 5.82 Å². The zero-order chi connectivity index (χ0) is 16.4. The van der Waals surface area contributed by atoms with Gasteiger partial charge >= 0.3 is 12.0 Å². The van der Waals surface area contributed by atoms with Gasteiger partial charge in [-0.05, 0) is 30.5 Å². The third kappa shape index (κ3) is 3.37. The van der Waals surface area contributed by atoms with Gasteiger partial charge in [-0.1, -0.05) is 26.0 Å². The summed E-state index contributed by atoms with van der Waals surface area (Å²) in [6, 6.07) is 5.94. The van der Waals surface area contributed by atoms with E-state index >= 15 is 0 Å². The number of carbonyl (C=O) groups excluding carboxylic acids is 1. The van der Waals surface area contributed by atoms with E-state index in [1.54, 1.807) is 12.1 Å². The molecule has 6 heteroatoms. The van der Waals surface area contributed by atoms with Crippen molar-refractivity contribution in [3.8, 4) is 0 Å². The van der Waals surface area contributed by atoms with Gasteiger partial charge in [0, 0.05) is 12.0 Å². The second-order valence-electron chi connectivity index (χ2n) is 6.24. The molecule has 5 nitrogen and oxygen atoms in total. The minimum Gasteiger partial charge on any atom is -0.481 e. The lowest BCUT2D eigenvalue weighted by Crippen LogP contribution is -2.53. The van der Waals surface area contributed by atoms with Crippen LogP contribution < -0.4 is 10.6 Å². The Labute approximate surface area is 128 Å². The van der Waals surface area contributed by atoms with Crippen LogP contribution in [0.3, 0.4) is 0 Å². The maximum Gasteiger partial charge on any atom is 0.315 e. The Morgan fingerprint density at radius 3 is 2.36 bits per heavy atom. The summed E-state index contributed by atoms with van der Waals surface area (Å²) in [5, 5.41) is 14.1. The number of rotatable bonds is 6. The SMILES string of the molecule is CC(C)(c1ccc(F)cc1)C1(NC(=O)NCCC(=O)O)CC1. The number of benzene rings is 1. The molecule has 1 fully saturated rings. The smallest absolute Gasteiger partial charge is 0.315 e. The Bertz CT molecular complexity index is 565. The minimum absolute atomic E-state index is 0.0915. The van der Waals surface area contributed by atoms with Crippen molar-refractivity contribution in [2.24, 2.45) is 0 Å². The quantitative estimate of drug-likeness (QED) is 0.755. The molecule has 22 heavy (non-hydrogen) atoms. The molecule has 0 heterocycles. The molecule has 0 atom stereocenters. The molecule has 0 aromatic heterocycles. The molecule has 1 aromatic rings. The predicted molar refractivity (Wildman–Crippen MR) is 80.2 cm³/mol. The van der Waals surface area contributed by atoms with E-state index in [4.69, 9.17) is 5.11 Å². The first-order valence-corrected chi connectivity index (χ1v) is 7.31. The first-order valence-electron chi connectivity index (χ1n) is 7.31. The van der Waals surface area contributed by atoms with Crippen LogP contribution in [0.2, 0.25) is 0 Å². The van der Waals surface area contributed by atoms with E-state index < -0.39 is 5.97 Å². The highest BCUT2D eigenvalue weighted by atomic mass is 19.1. The van der Waals surface area contributed by atoms with Crippen LogP contribution >= 0.6 is 0 Å². The zero-order valence-corrected chi connectivity index (χ0v) is 12.8. The van der Waals surface area contributed by atoms with Gasteiger partial charge in [0.05, 0.1) is 12.0 Å². The van der Waals surface area contributed by atoms with E-state index in [0.29, 0.717) is 0 Å². The normalized spacial score (nSPS) is 16.0. The van der Waals surface area contributed by atoms with Gasteiger partial charge in [0.25, 0.3) is 0 Å². The number of hydrogen-bond acceptors (Lipinski definition) is 2. The highest BCUT2D eigenvalue weighted by Gasteiger charge is 2.56. The van der Waals surface area contributed by atoms with Crippen molar-refractivity contribution < 1.29 is 19.1 Å². The summed E-state index contributed by atoms with van der Waals surface area (Å²) < 4.78 is 13.1. The lowest BCUT2D eigenvalue weighted by molar-refractivity contribution is -0.136. The molecule has 0 spiro atoms. The fourth-order valence-corrected chi connectivity index (χ4v) is 2.72. The van der Waals surface area contributed by atoms with Crippen molar-refractivity contribution in [1.82, 2.24) is 10.6 Å². The van der Waals surface area contributed by atoms with Crippen molar-refractivity contribution in [1.29, 1.82) is 0 Å². The van der Waals surface area contributed by atoms with E-state index in [2.05, 4.69) is 10.6 Å². The molecule has 3 N–H and O–H groups in total. The lowest BCUT2D eigenvalue weighted by atomic mass is 9.75. The summed E-state index contributed by atoms with van der Waals surface area (Å²) >= 11 is 0. The number of urea groups is 1. The molecule has 0 aliphatic heterocycles. The summed E-state index contributed by atoms with van der Waals surface area (Å²) in [5.74, 6) is -1.24. The summed E-state index contributed by atoms with van der Waals surface area (Å²) in [5.41, 5.74) is 0.237. The van der Waals surface area contributed by atoms with E-state index in [0.717, 1.165) is 18.4 Å². The van der Waals surface area contributed by atoms with Crippen molar-refractivity contribution in [3.63, 3.8) is 0 Å². The molecule has 0 unspecified atom stereocenters. The average Bonchev–Trinajstić information content (AvgIpc) is 3.20. The molecule has 0 radical (unpaired) electrons. The standard InChI is InChI=1S/C16H21FN2O3/c1-15(2,11-3-5-12(17)6-4-11)16(8-9-16)19-14(22)18-10-7-13(20)21/h3-6H,7-10H2,1-2H3,(H,20,21)(H2,18,19,22). The monoisotopic (exact) mass is 308 g/mol. The molecule has 2 amide bonds. The van der Waals surface area contributed by atoms with E-state index in [1.807, 2.05) is 13.8 Å². The number of hydrogen-bond donors (Lipinski definition) is 3. The Kier molecular flexibility index (Phi) is 4.39. The molecule has 1 saturated carbocycles. The topological polar surface area (TPSA) is 78.4 Å². The van der Waals surface area contributed by atoms with Crippen LogP contribution in [0.25, 0.3) is 0 Å². The summed E-state index contributed by atoms with van der Waals surface area (Å²) in [6.45, 7) is 4.13. The second kappa shape index (κ2) is 5.94. The number of aliphatic carboxylic acids is 1. The molecule has 1 aromatic carbocycles. The fourth-order valence-electron chi connectivity index (χ4n) is 2.72. The van der Waals surface area contributed by atoms with Crippen LogP contribution in [0.4, 0.5) is 9.18 Å². The van der Waals surface area contributed by atoms with Gasteiger partial charge in [-0.25, -0.2) is 9.18 Å². The summed E-state index contributed by atoms with van der Waals surface area (Å²) in [4.78, 5) is 22.4. The molecular weight excluding hydrogens is 287 g/mol. The van der Waals surface area contributed by atoms with Gasteiger partial charge in [-0.2, -0.15) is 0 Å². The summed E-state index contributed by atoms with van der Waals surface area (Å²) in [6.07, 6.45) is 1.56. The largest absolute Gasteiger partial charge is 0.481 e. The van der Waals surface area contributed by atoms with Gasteiger partial charge in [0.2, 0.25) is 0 Å². The number of carboxylic acids is 1. The van der Waals surface area contributed by atoms with Crippen LogP contribution in [-0.2, 0) is 10.2 Å². The second-order valence-corrected chi connectivity index (χ2v) is 6.24. The Hall–Kier alpha value is -2.11. The maximum atomic E-state index is 13.1. The van der Waals surface area contributed by atoms with Gasteiger partial charge in [0.15, 0.2) is 0 Å². The van der Waals surface area contributed by atoms with Gasteiger partial charge in [0.1, 0.15) is 5.82 Å². The Balaban J connectivity index is 2.01. The number of carbonyl (C=O) groups is 2. The average molecular weight is 308 g/mol. The van der Waals surface area contributed by atoms with E-state index in [-0.39, 0.29) is 35.8 Å². The first-order chi connectivity index (χ1) is 10.3. The molecule has 1 aliphatic carbocycles. The Morgan fingerprint density at radius 2 is 1.86 bits per heavy atom. The van der Waals surface area contributed by atoms with Gasteiger partial charge < -0.3 is 15.7 Å². The third-order valence-corrected chi connectivity index (χ3v) is 4.49. The third-order valence-electron chi connectivity index (χ3n) is 4.49. The molecule has 1 aliphatic rings. The molecular formula is C16H21FN2O3. The molecule has 0 bridgehead atoms. The number of nitrogens with one attached hydrogen (secondary N) is 2. The molecule has 120 valence electrons. The highest BCUT2D eigenvalue weighted by Crippen LogP contribution is 2.51. The van der Waals surface area contributed by atoms with Crippen LogP contribution in [0.1, 0.15) is 38.7 Å². The predicted octanol–water partition coefficient (Wildman–Crippen LogP) is 2.41. The van der Waals surface area contributed by atoms with Crippen LogP contribution in [0.15, 0.2) is 24.3 Å². The minimum atomic E-state index is -0.951. The summed E-state index contributed by atoms with van der Waals surface area (Å²) in [7, 11) is 0. The van der Waals surface area contributed by atoms with E-state index in [9.17, 15) is 14.0 Å². The number of carboxylic acid groups (broad SMARTS) is 1. The van der Waals surface area contributed by atoms with Crippen LogP contribution in [0.5, 0.6) is 0 Å². The van der Waals surface area contributed by atoms with Crippen molar-refractivity contribution in [2.75, 3.05) is 6.54 Å². The number of halogens is 1. The van der Waals surface area contributed by atoms with Crippen molar-refractivity contribution in [2.45, 2.75) is 44.1 Å². The Morgan fingerprint density at radius 1 is 1.27 bits per heavy atom. The maximum absolute atomic E-state index is 13.1. The van der Waals surface area contributed by atoms with Gasteiger partial charge in [-0.15, -0.1) is 0 Å². The highest BCUT2D eigenvalue weighted by molar-refractivity contribution is 5.76. The fraction of sp³-hybridized carbons (Fsp3) is 0.500. The lowest BCUT2D eigenvalue weighted by Gasteiger charge is -2.36. The van der Waals surface area contributed by atoms with Crippen molar-refractivity contribution in [3.05, 3.63) is 35.6 Å². The zero-order valence-electron chi connectivity index (χ0n) is 12.8. The van der Waals surface area contributed by atoms with E-state index in [1.165, 1.54) is 12.1 Å². The molecule has 0 saturated heterocycles. The van der Waals surface area contributed by atoms with Crippen LogP contribution in [-0.4, -0.2) is 29.2 Å². The first kappa shape index (κ1) is 16.3. The van der Waals surface area contributed by atoms with Gasteiger partial charge in [-0.3, -0.25) is 4.79 Å². The molecule has 2 rings (SSSR count).